The summed E-state index contributed by atoms with van der Waals surface area (Å²) in [5.74, 6) is -0.158. The van der Waals surface area contributed by atoms with E-state index in [0.29, 0.717) is 4.99 Å². The smallest absolute Gasteiger partial charge is 0.125 e. The van der Waals surface area contributed by atoms with Gasteiger partial charge in [0.2, 0.25) is 0 Å². The molecule has 1 aliphatic rings. The van der Waals surface area contributed by atoms with Gasteiger partial charge in [0.1, 0.15) is 5.82 Å². The lowest BCUT2D eigenvalue weighted by atomic mass is 9.88. The maximum Gasteiger partial charge on any atom is 0.125 e. The van der Waals surface area contributed by atoms with Crippen molar-refractivity contribution in [3.05, 3.63) is 29.6 Å². The Kier molecular flexibility index (Phi) is 4.09. The largest absolute Gasteiger partial charge is 0.393 e. The number of halogens is 1. The van der Waals surface area contributed by atoms with E-state index in [2.05, 4.69) is 18.7 Å². The average Bonchev–Trinajstić information content (AvgIpc) is 2.71. The molecule has 0 aliphatic carbocycles. The molecule has 4 heteroatoms. The number of hydrogen-bond donors (Lipinski definition) is 1. The summed E-state index contributed by atoms with van der Waals surface area (Å²) in [6.07, 6.45) is 2.98. The van der Waals surface area contributed by atoms with Gasteiger partial charge in [0.25, 0.3) is 0 Å². The van der Waals surface area contributed by atoms with Crippen molar-refractivity contribution in [2.24, 2.45) is 11.1 Å². The van der Waals surface area contributed by atoms with Gasteiger partial charge in [0.05, 0.1) is 4.99 Å². The molecule has 0 amide bonds. The van der Waals surface area contributed by atoms with Gasteiger partial charge in [0, 0.05) is 24.2 Å². The molecule has 0 fully saturated rings. The third-order valence-electron chi connectivity index (χ3n) is 3.94. The summed E-state index contributed by atoms with van der Waals surface area (Å²) in [6, 6.07) is 5.07. The predicted octanol–water partition coefficient (Wildman–Crippen LogP) is 3.28. The van der Waals surface area contributed by atoms with Crippen LogP contribution in [0.25, 0.3) is 0 Å². The topological polar surface area (TPSA) is 29.3 Å². The minimum Gasteiger partial charge on any atom is -0.393 e. The maximum atomic E-state index is 13.3. The highest BCUT2D eigenvalue weighted by molar-refractivity contribution is 7.80. The molecule has 19 heavy (non-hydrogen) atoms. The van der Waals surface area contributed by atoms with Crippen LogP contribution >= 0.6 is 12.2 Å². The molecule has 0 bridgehead atoms. The molecule has 2 rings (SSSR count). The Labute approximate surface area is 119 Å². The van der Waals surface area contributed by atoms with E-state index in [9.17, 15) is 4.39 Å². The number of benzene rings is 1. The van der Waals surface area contributed by atoms with Crippen LogP contribution in [0.4, 0.5) is 10.1 Å². The Morgan fingerprint density at radius 1 is 1.47 bits per heavy atom. The highest BCUT2D eigenvalue weighted by Gasteiger charge is 2.23. The Hall–Kier alpha value is -1.16. The second-order valence-electron chi connectivity index (χ2n) is 5.86. The van der Waals surface area contributed by atoms with Crippen molar-refractivity contribution in [2.45, 2.75) is 33.1 Å². The summed E-state index contributed by atoms with van der Waals surface area (Å²) < 4.78 is 13.3. The molecule has 1 aliphatic heterocycles. The maximum absolute atomic E-state index is 13.3. The highest BCUT2D eigenvalue weighted by Crippen LogP contribution is 2.30. The van der Waals surface area contributed by atoms with Crippen LogP contribution in [0.3, 0.4) is 0 Å². The van der Waals surface area contributed by atoms with Gasteiger partial charge in [-0.25, -0.2) is 4.39 Å². The van der Waals surface area contributed by atoms with E-state index >= 15 is 0 Å². The van der Waals surface area contributed by atoms with Gasteiger partial charge in [0.15, 0.2) is 0 Å². The highest BCUT2D eigenvalue weighted by atomic mass is 32.1. The molecule has 2 nitrogen and oxygen atoms in total. The fraction of sp³-hybridized carbons (Fsp3) is 0.533. The van der Waals surface area contributed by atoms with E-state index in [1.54, 1.807) is 6.07 Å². The van der Waals surface area contributed by atoms with Crippen LogP contribution in [0, 0.1) is 11.2 Å². The third-order valence-corrected chi connectivity index (χ3v) is 4.49. The molecule has 104 valence electrons. The molecule has 2 N–H and O–H groups in total. The SMILES string of the molecule is CC(C)(CCCN1CCc2ccc(F)cc21)C(N)=S. The number of hydrogen-bond acceptors (Lipinski definition) is 2. The van der Waals surface area contributed by atoms with Crippen LogP contribution in [0.1, 0.15) is 32.3 Å². The van der Waals surface area contributed by atoms with Crippen LogP contribution in [0.15, 0.2) is 18.2 Å². The number of thiocarbonyl (C=S) groups is 1. The number of nitrogens with zero attached hydrogens (tertiary/aromatic N) is 1. The van der Waals surface area contributed by atoms with Gasteiger partial charge in [-0.05, 0) is 37.0 Å². The van der Waals surface area contributed by atoms with Crippen LogP contribution in [-0.4, -0.2) is 18.1 Å². The minimum absolute atomic E-state index is 0.0974. The van der Waals surface area contributed by atoms with E-state index in [0.717, 1.165) is 38.0 Å². The molecule has 0 unspecified atom stereocenters. The van der Waals surface area contributed by atoms with Crippen LogP contribution in [-0.2, 0) is 6.42 Å². The van der Waals surface area contributed by atoms with Crippen molar-refractivity contribution in [3.63, 3.8) is 0 Å². The van der Waals surface area contributed by atoms with E-state index < -0.39 is 0 Å². The Morgan fingerprint density at radius 3 is 2.89 bits per heavy atom. The molecule has 0 radical (unpaired) electrons. The second kappa shape index (κ2) is 5.45. The van der Waals surface area contributed by atoms with Crippen LogP contribution < -0.4 is 10.6 Å². The van der Waals surface area contributed by atoms with Crippen molar-refractivity contribution in [3.8, 4) is 0 Å². The number of rotatable bonds is 5. The van der Waals surface area contributed by atoms with E-state index in [4.69, 9.17) is 18.0 Å². The summed E-state index contributed by atoms with van der Waals surface area (Å²) in [4.78, 5) is 2.83. The summed E-state index contributed by atoms with van der Waals surface area (Å²) >= 11 is 5.07. The first kappa shape index (κ1) is 14.3. The number of anilines is 1. The molecule has 0 saturated heterocycles. The normalized spacial score (nSPS) is 14.6. The van der Waals surface area contributed by atoms with Crippen molar-refractivity contribution < 1.29 is 4.39 Å². The van der Waals surface area contributed by atoms with E-state index in [-0.39, 0.29) is 11.2 Å². The van der Waals surface area contributed by atoms with Crippen LogP contribution in [0.5, 0.6) is 0 Å². The van der Waals surface area contributed by atoms with Gasteiger partial charge in [-0.15, -0.1) is 0 Å². The molecule has 1 heterocycles. The average molecular weight is 280 g/mol. The molecular formula is C15H21FN2S. The number of fused-ring (bicyclic) bond motifs is 1. The van der Waals surface area contributed by atoms with Crippen LogP contribution in [0.2, 0.25) is 0 Å². The first-order chi connectivity index (χ1) is 8.90. The zero-order chi connectivity index (χ0) is 14.0. The van der Waals surface area contributed by atoms with E-state index in [1.807, 2.05) is 6.07 Å². The van der Waals surface area contributed by atoms with Crippen molar-refractivity contribution >= 4 is 22.9 Å². The zero-order valence-corrected chi connectivity index (χ0v) is 12.4. The standard InChI is InChI=1S/C15H21FN2S/c1-15(2,14(17)19)7-3-8-18-9-6-11-4-5-12(16)10-13(11)18/h4-5,10H,3,6-9H2,1-2H3,(H2,17,19). The fourth-order valence-electron chi connectivity index (χ4n) is 2.49. The predicted molar refractivity (Wildman–Crippen MR) is 82.1 cm³/mol. The summed E-state index contributed by atoms with van der Waals surface area (Å²) in [7, 11) is 0. The van der Waals surface area contributed by atoms with Gasteiger partial charge in [-0.3, -0.25) is 0 Å². The van der Waals surface area contributed by atoms with Gasteiger partial charge >= 0.3 is 0 Å². The van der Waals surface area contributed by atoms with Gasteiger partial charge in [-0.2, -0.15) is 0 Å². The lowest BCUT2D eigenvalue weighted by Crippen LogP contribution is -2.31. The summed E-state index contributed by atoms with van der Waals surface area (Å²) in [6.45, 7) is 6.06. The van der Waals surface area contributed by atoms with Gasteiger partial charge in [-0.1, -0.05) is 32.1 Å². The first-order valence-electron chi connectivity index (χ1n) is 6.73. The van der Waals surface area contributed by atoms with Crippen molar-refractivity contribution in [1.82, 2.24) is 0 Å². The Bertz CT molecular complexity index is 485. The van der Waals surface area contributed by atoms with Crippen molar-refractivity contribution in [2.75, 3.05) is 18.0 Å². The van der Waals surface area contributed by atoms with E-state index in [1.165, 1.54) is 11.6 Å². The minimum atomic E-state index is -0.158. The summed E-state index contributed by atoms with van der Waals surface area (Å²) in [5.41, 5.74) is 7.93. The molecule has 1 aromatic rings. The second-order valence-corrected chi connectivity index (χ2v) is 6.30. The van der Waals surface area contributed by atoms with Crippen molar-refractivity contribution in [1.29, 1.82) is 0 Å². The first-order valence-corrected chi connectivity index (χ1v) is 7.14. The quantitative estimate of drug-likeness (QED) is 0.839. The zero-order valence-electron chi connectivity index (χ0n) is 11.6. The molecule has 0 spiro atoms. The lowest BCUT2D eigenvalue weighted by molar-refractivity contribution is 0.459. The third kappa shape index (κ3) is 3.24. The molecule has 0 atom stereocenters. The monoisotopic (exact) mass is 280 g/mol. The Balaban J connectivity index is 1.93. The molecular weight excluding hydrogens is 259 g/mol. The molecule has 0 aromatic heterocycles. The number of nitrogens with two attached hydrogens (primary N) is 1. The summed E-state index contributed by atoms with van der Waals surface area (Å²) in [5, 5.41) is 0. The van der Waals surface area contributed by atoms with Gasteiger partial charge < -0.3 is 10.6 Å². The fourth-order valence-corrected chi connectivity index (χ4v) is 2.59. The lowest BCUT2D eigenvalue weighted by Gasteiger charge is -2.25. The molecule has 0 saturated carbocycles. The Morgan fingerprint density at radius 2 is 2.21 bits per heavy atom. The molecule has 1 aromatic carbocycles.